The lowest BCUT2D eigenvalue weighted by Crippen LogP contribution is -2.64. The quantitative estimate of drug-likeness (QED) is 0.860. The monoisotopic (exact) mass is 302 g/mol. The van der Waals surface area contributed by atoms with Gasteiger partial charge in [-0.3, -0.25) is 9.69 Å². The molecule has 2 saturated heterocycles. The zero-order chi connectivity index (χ0) is 15.6. The Bertz CT molecular complexity index is 563. The Labute approximate surface area is 130 Å². The molecule has 0 unspecified atom stereocenters. The number of urea groups is 1. The minimum Gasteiger partial charge on any atom is -0.353 e. The molecule has 22 heavy (non-hydrogen) atoms. The van der Waals surface area contributed by atoms with E-state index in [9.17, 15) is 9.59 Å². The molecule has 118 valence electrons. The minimum absolute atomic E-state index is 0.0691. The van der Waals surface area contributed by atoms with Gasteiger partial charge in [-0.15, -0.1) is 0 Å². The van der Waals surface area contributed by atoms with Crippen molar-refractivity contribution in [3.05, 3.63) is 30.3 Å². The number of anilines is 1. The third-order valence-electron chi connectivity index (χ3n) is 4.65. The van der Waals surface area contributed by atoms with Gasteiger partial charge < -0.3 is 15.5 Å². The van der Waals surface area contributed by atoms with Gasteiger partial charge in [-0.2, -0.15) is 0 Å². The van der Waals surface area contributed by atoms with Crippen LogP contribution in [0.1, 0.15) is 13.3 Å². The van der Waals surface area contributed by atoms with Gasteiger partial charge in [0.2, 0.25) is 5.91 Å². The van der Waals surface area contributed by atoms with E-state index in [1.165, 1.54) is 0 Å². The summed E-state index contributed by atoms with van der Waals surface area (Å²) in [6, 6.07) is 9.40. The van der Waals surface area contributed by atoms with Gasteiger partial charge in [-0.1, -0.05) is 25.1 Å². The first-order valence-corrected chi connectivity index (χ1v) is 7.76. The number of amides is 3. The van der Waals surface area contributed by atoms with Crippen LogP contribution >= 0.6 is 0 Å². The number of carbonyl (C=O) groups is 2. The van der Waals surface area contributed by atoms with Crippen molar-refractivity contribution in [3.8, 4) is 0 Å². The molecular weight excluding hydrogens is 280 g/mol. The second kappa shape index (κ2) is 5.96. The molecule has 6 heteroatoms. The van der Waals surface area contributed by atoms with Gasteiger partial charge in [-0.05, 0) is 25.1 Å². The molecule has 2 fully saturated rings. The summed E-state index contributed by atoms with van der Waals surface area (Å²) in [7, 11) is 0. The minimum atomic E-state index is -0.114. The number of hydrogen-bond acceptors (Lipinski definition) is 3. The van der Waals surface area contributed by atoms with Crippen LogP contribution in [0.4, 0.5) is 10.5 Å². The molecule has 1 aromatic rings. The Balaban J connectivity index is 1.66. The summed E-state index contributed by atoms with van der Waals surface area (Å²) < 4.78 is 0. The highest BCUT2D eigenvalue weighted by Gasteiger charge is 2.46. The highest BCUT2D eigenvalue weighted by atomic mass is 16.2. The number of piperazine rings is 1. The van der Waals surface area contributed by atoms with Crippen molar-refractivity contribution in [1.82, 2.24) is 15.1 Å². The highest BCUT2D eigenvalue weighted by Crippen LogP contribution is 2.29. The molecule has 0 bridgehead atoms. The average Bonchev–Trinajstić information content (AvgIpc) is 2.96. The summed E-state index contributed by atoms with van der Waals surface area (Å²) in [5.74, 6) is 0.0691. The molecule has 1 spiro atoms. The fraction of sp³-hybridized carbons (Fsp3) is 0.500. The molecule has 1 atom stereocenters. The first-order chi connectivity index (χ1) is 10.6. The Kier molecular flexibility index (Phi) is 4.02. The second-order valence-corrected chi connectivity index (χ2v) is 5.98. The first kappa shape index (κ1) is 14.8. The molecule has 6 nitrogen and oxygen atoms in total. The zero-order valence-corrected chi connectivity index (χ0v) is 12.8. The van der Waals surface area contributed by atoms with E-state index in [2.05, 4.69) is 22.5 Å². The van der Waals surface area contributed by atoms with Crippen LogP contribution in [0.5, 0.6) is 0 Å². The molecule has 0 saturated carbocycles. The molecule has 3 rings (SSSR count). The number of rotatable bonds is 2. The zero-order valence-electron chi connectivity index (χ0n) is 12.8. The molecule has 2 heterocycles. The van der Waals surface area contributed by atoms with Crippen molar-refractivity contribution >= 4 is 17.6 Å². The average molecular weight is 302 g/mol. The molecule has 2 aliphatic rings. The number of likely N-dealkylation sites (tertiary alicyclic amines) is 1. The summed E-state index contributed by atoms with van der Waals surface area (Å²) in [4.78, 5) is 28.0. The third kappa shape index (κ3) is 2.78. The van der Waals surface area contributed by atoms with E-state index < -0.39 is 0 Å². The van der Waals surface area contributed by atoms with Crippen molar-refractivity contribution in [2.75, 3.05) is 38.0 Å². The van der Waals surface area contributed by atoms with Gasteiger partial charge in [0, 0.05) is 25.3 Å². The number of nitrogens with zero attached hydrogens (tertiary/aromatic N) is 2. The first-order valence-electron chi connectivity index (χ1n) is 7.76. The predicted molar refractivity (Wildman–Crippen MR) is 84.6 cm³/mol. The lowest BCUT2D eigenvalue weighted by molar-refractivity contribution is -0.128. The SMILES string of the molecule is CCN1CC(=O)NC[C@@]12CCN(C(=O)Nc1ccccc1)C2. The largest absolute Gasteiger partial charge is 0.353 e. The van der Waals surface area contributed by atoms with Crippen molar-refractivity contribution in [3.63, 3.8) is 0 Å². The van der Waals surface area contributed by atoms with Crippen LogP contribution in [0.2, 0.25) is 0 Å². The molecule has 0 aliphatic carbocycles. The van der Waals surface area contributed by atoms with E-state index in [0.717, 1.165) is 18.7 Å². The fourth-order valence-electron chi connectivity index (χ4n) is 3.38. The lowest BCUT2D eigenvalue weighted by atomic mass is 9.93. The van der Waals surface area contributed by atoms with Gasteiger partial charge in [-0.25, -0.2) is 4.79 Å². The summed E-state index contributed by atoms with van der Waals surface area (Å²) in [5, 5.41) is 5.88. The van der Waals surface area contributed by atoms with Crippen LogP contribution in [-0.2, 0) is 4.79 Å². The van der Waals surface area contributed by atoms with Crippen molar-refractivity contribution in [1.29, 1.82) is 0 Å². The van der Waals surface area contributed by atoms with Gasteiger partial charge in [0.05, 0.1) is 12.1 Å². The van der Waals surface area contributed by atoms with Crippen molar-refractivity contribution in [2.45, 2.75) is 18.9 Å². The van der Waals surface area contributed by atoms with Crippen LogP contribution in [-0.4, -0.2) is 60.0 Å². The summed E-state index contributed by atoms with van der Waals surface area (Å²) >= 11 is 0. The fourth-order valence-corrected chi connectivity index (χ4v) is 3.38. The van der Waals surface area contributed by atoms with Crippen LogP contribution < -0.4 is 10.6 Å². The predicted octanol–water partition coefficient (Wildman–Crippen LogP) is 1.11. The molecule has 0 aromatic heterocycles. The van der Waals surface area contributed by atoms with Crippen LogP contribution in [0.25, 0.3) is 0 Å². The maximum Gasteiger partial charge on any atom is 0.321 e. The summed E-state index contributed by atoms with van der Waals surface area (Å²) in [5.41, 5.74) is 0.689. The van der Waals surface area contributed by atoms with E-state index in [1.54, 1.807) is 0 Å². The maximum absolute atomic E-state index is 12.4. The summed E-state index contributed by atoms with van der Waals surface area (Å²) in [6.07, 6.45) is 0.892. The molecule has 1 aromatic carbocycles. The van der Waals surface area contributed by atoms with Gasteiger partial charge >= 0.3 is 6.03 Å². The lowest BCUT2D eigenvalue weighted by Gasteiger charge is -2.43. The van der Waals surface area contributed by atoms with E-state index >= 15 is 0 Å². The van der Waals surface area contributed by atoms with Gasteiger partial charge in [0.15, 0.2) is 0 Å². The summed E-state index contributed by atoms with van der Waals surface area (Å²) in [6.45, 7) is 5.29. The Morgan fingerprint density at radius 3 is 2.86 bits per heavy atom. The number of hydrogen-bond donors (Lipinski definition) is 2. The molecule has 2 N–H and O–H groups in total. The third-order valence-corrected chi connectivity index (χ3v) is 4.65. The molecular formula is C16H22N4O2. The highest BCUT2D eigenvalue weighted by molar-refractivity contribution is 5.89. The Morgan fingerprint density at radius 1 is 1.36 bits per heavy atom. The number of likely N-dealkylation sites (N-methyl/N-ethyl adjacent to an activating group) is 1. The topological polar surface area (TPSA) is 64.7 Å². The van der Waals surface area contributed by atoms with Crippen molar-refractivity contribution in [2.24, 2.45) is 0 Å². The van der Waals surface area contributed by atoms with Crippen molar-refractivity contribution < 1.29 is 9.59 Å². The molecule has 0 radical (unpaired) electrons. The Hall–Kier alpha value is -2.08. The van der Waals surface area contributed by atoms with E-state index in [4.69, 9.17) is 0 Å². The van der Waals surface area contributed by atoms with Gasteiger partial charge in [0.25, 0.3) is 0 Å². The smallest absolute Gasteiger partial charge is 0.321 e. The second-order valence-electron chi connectivity index (χ2n) is 5.98. The molecule has 3 amide bonds. The van der Waals surface area contributed by atoms with Crippen LogP contribution in [0.15, 0.2) is 30.3 Å². The maximum atomic E-state index is 12.4. The number of para-hydroxylation sites is 1. The normalized spacial score (nSPS) is 25.3. The van der Waals surface area contributed by atoms with E-state index in [1.807, 2.05) is 35.2 Å². The van der Waals surface area contributed by atoms with E-state index in [0.29, 0.717) is 26.2 Å². The molecule has 2 aliphatic heterocycles. The number of nitrogens with one attached hydrogen (secondary N) is 2. The number of carbonyl (C=O) groups excluding carboxylic acids is 2. The van der Waals surface area contributed by atoms with E-state index in [-0.39, 0.29) is 17.5 Å². The van der Waals surface area contributed by atoms with Gasteiger partial charge in [0.1, 0.15) is 0 Å². The van der Waals surface area contributed by atoms with Crippen LogP contribution in [0, 0.1) is 0 Å². The van der Waals surface area contributed by atoms with Crippen LogP contribution in [0.3, 0.4) is 0 Å². The Morgan fingerprint density at radius 2 is 2.14 bits per heavy atom. The number of benzene rings is 1. The standard InChI is InChI=1S/C16H22N4O2/c1-2-20-10-14(21)17-11-16(20)8-9-19(12-16)15(22)18-13-6-4-3-5-7-13/h3-7H,2,8-12H2,1H3,(H,17,21)(H,18,22)/t16-/m1/s1.